The van der Waals surface area contributed by atoms with E-state index in [1.165, 1.54) is 11.3 Å². The Bertz CT molecular complexity index is 1190. The fourth-order valence-corrected chi connectivity index (χ4v) is 5.32. The van der Waals surface area contributed by atoms with Gasteiger partial charge in [-0.15, -0.1) is 0 Å². The molecule has 0 unspecified atom stereocenters. The Labute approximate surface area is 206 Å². The monoisotopic (exact) mass is 477 g/mol. The molecule has 8 nitrogen and oxygen atoms in total. The third-order valence-electron chi connectivity index (χ3n) is 7.40. The van der Waals surface area contributed by atoms with Crippen molar-refractivity contribution in [2.45, 2.75) is 66.3 Å². The summed E-state index contributed by atoms with van der Waals surface area (Å²) in [5.41, 5.74) is 5.72. The Kier molecular flexibility index (Phi) is 6.38. The maximum Gasteiger partial charge on any atom is 0.309 e. The van der Waals surface area contributed by atoms with Gasteiger partial charge in [-0.05, 0) is 75.6 Å². The third-order valence-corrected chi connectivity index (χ3v) is 7.40. The van der Waals surface area contributed by atoms with Gasteiger partial charge in [-0.3, -0.25) is 9.48 Å². The van der Waals surface area contributed by atoms with E-state index in [1.54, 1.807) is 0 Å². The molecule has 1 aliphatic heterocycles. The van der Waals surface area contributed by atoms with Crippen LogP contribution in [0, 0.1) is 11.3 Å². The smallest absolute Gasteiger partial charge is 0.309 e. The van der Waals surface area contributed by atoms with Gasteiger partial charge in [0, 0.05) is 42.1 Å². The van der Waals surface area contributed by atoms with Crippen LogP contribution in [-0.2, 0) is 28.9 Å². The molecule has 1 aliphatic carbocycles. The number of nitrogens with zero attached hydrogens (tertiary/aromatic N) is 5. The number of fused-ring (bicyclic) bond motifs is 1. The molecule has 8 heteroatoms. The first kappa shape index (κ1) is 23.6. The zero-order valence-electron chi connectivity index (χ0n) is 21.2. The minimum absolute atomic E-state index is 0.0104. The van der Waals surface area contributed by atoms with Crippen molar-refractivity contribution < 1.29 is 14.1 Å². The van der Waals surface area contributed by atoms with Crippen molar-refractivity contribution in [3.63, 3.8) is 0 Å². The Hall–Kier alpha value is -3.16. The maximum absolute atomic E-state index is 12.0. The second-order valence-corrected chi connectivity index (χ2v) is 10.4. The highest BCUT2D eigenvalue weighted by Gasteiger charge is 2.32. The summed E-state index contributed by atoms with van der Waals surface area (Å²) in [7, 11) is 0. The van der Waals surface area contributed by atoms with Crippen LogP contribution < -0.4 is 4.90 Å². The molecule has 186 valence electrons. The summed E-state index contributed by atoms with van der Waals surface area (Å²) in [4.78, 5) is 19.0. The van der Waals surface area contributed by atoms with Crippen LogP contribution >= 0.6 is 0 Å². The Morgan fingerprint density at radius 1 is 1.17 bits per heavy atom. The zero-order chi connectivity index (χ0) is 24.6. The maximum atomic E-state index is 12.0. The van der Waals surface area contributed by atoms with E-state index in [1.807, 2.05) is 19.1 Å². The molecule has 3 aromatic rings. The fourth-order valence-electron chi connectivity index (χ4n) is 5.32. The van der Waals surface area contributed by atoms with E-state index in [4.69, 9.17) is 19.3 Å². The summed E-state index contributed by atoms with van der Waals surface area (Å²) in [6.07, 6.45) is 4.77. The molecule has 1 aromatic carbocycles. The van der Waals surface area contributed by atoms with Gasteiger partial charge in [-0.2, -0.15) is 10.1 Å². The number of aryl methyl sites for hydroxylation is 1. The highest BCUT2D eigenvalue weighted by Crippen LogP contribution is 2.39. The van der Waals surface area contributed by atoms with E-state index in [9.17, 15) is 4.79 Å². The van der Waals surface area contributed by atoms with E-state index in [-0.39, 0.29) is 17.3 Å². The van der Waals surface area contributed by atoms with Crippen LogP contribution in [0.2, 0.25) is 0 Å². The van der Waals surface area contributed by atoms with Gasteiger partial charge in [0.25, 0.3) is 5.89 Å². The molecule has 2 aliphatic rings. The minimum Gasteiger partial charge on any atom is -0.466 e. The minimum atomic E-state index is -0.0656. The molecule has 2 aromatic heterocycles. The summed E-state index contributed by atoms with van der Waals surface area (Å²) in [5.74, 6) is 1.01. The highest BCUT2D eigenvalue weighted by molar-refractivity contribution is 5.73. The number of esters is 1. The van der Waals surface area contributed by atoms with Crippen molar-refractivity contribution in [2.75, 3.05) is 24.6 Å². The van der Waals surface area contributed by atoms with Crippen LogP contribution in [0.5, 0.6) is 0 Å². The van der Waals surface area contributed by atoms with Gasteiger partial charge in [0.2, 0.25) is 5.82 Å². The third kappa shape index (κ3) is 4.70. The Morgan fingerprint density at radius 2 is 1.91 bits per heavy atom. The quantitative estimate of drug-likeness (QED) is 0.466. The van der Waals surface area contributed by atoms with Crippen LogP contribution in [0.4, 0.5) is 5.69 Å². The van der Waals surface area contributed by atoms with Crippen molar-refractivity contribution >= 4 is 11.7 Å². The molecule has 0 spiro atoms. The number of carbonyl (C=O) groups is 1. The van der Waals surface area contributed by atoms with Crippen LogP contribution in [0.1, 0.15) is 58.2 Å². The molecule has 0 saturated carbocycles. The van der Waals surface area contributed by atoms with Gasteiger partial charge in [0.05, 0.1) is 12.5 Å². The second-order valence-electron chi connectivity index (χ2n) is 10.4. The van der Waals surface area contributed by atoms with E-state index < -0.39 is 0 Å². The number of hydrogen-bond acceptors (Lipinski definition) is 7. The van der Waals surface area contributed by atoms with Crippen LogP contribution in [0.25, 0.3) is 23.0 Å². The Balaban J connectivity index is 1.30. The molecular formula is C27H35N5O3. The molecule has 3 heterocycles. The second kappa shape index (κ2) is 9.47. The lowest BCUT2D eigenvalue weighted by molar-refractivity contribution is -0.148. The SMILES string of the molecule is CCOC(=O)C1CCN(c2ccc(-c3noc(-c4nn(CC)c5c4CCC(C)(C)C5)n3)cc2)CC1. The van der Waals surface area contributed by atoms with Crippen molar-refractivity contribution in [3.8, 4) is 23.0 Å². The van der Waals surface area contributed by atoms with E-state index >= 15 is 0 Å². The van der Waals surface area contributed by atoms with E-state index in [2.05, 4.69) is 47.6 Å². The summed E-state index contributed by atoms with van der Waals surface area (Å²) < 4.78 is 13.0. The van der Waals surface area contributed by atoms with Gasteiger partial charge < -0.3 is 14.2 Å². The van der Waals surface area contributed by atoms with Crippen molar-refractivity contribution in [3.05, 3.63) is 35.5 Å². The first-order valence-electron chi connectivity index (χ1n) is 12.8. The summed E-state index contributed by atoms with van der Waals surface area (Å²) in [6.45, 7) is 11.6. The molecule has 0 bridgehead atoms. The van der Waals surface area contributed by atoms with Gasteiger partial charge in [0.1, 0.15) is 0 Å². The predicted octanol–water partition coefficient (Wildman–Crippen LogP) is 4.91. The summed E-state index contributed by atoms with van der Waals surface area (Å²) >= 11 is 0. The van der Waals surface area contributed by atoms with Gasteiger partial charge in [0.15, 0.2) is 5.69 Å². The van der Waals surface area contributed by atoms with Crippen LogP contribution in [0.15, 0.2) is 28.8 Å². The molecule has 0 atom stereocenters. The molecular weight excluding hydrogens is 442 g/mol. The summed E-state index contributed by atoms with van der Waals surface area (Å²) in [6, 6.07) is 8.24. The number of anilines is 1. The van der Waals surface area contributed by atoms with E-state index in [0.717, 1.165) is 68.7 Å². The molecule has 35 heavy (non-hydrogen) atoms. The van der Waals surface area contributed by atoms with Gasteiger partial charge in [-0.25, -0.2) is 0 Å². The fraction of sp³-hybridized carbons (Fsp3) is 0.556. The molecule has 0 N–H and O–H groups in total. The molecule has 1 saturated heterocycles. The van der Waals surface area contributed by atoms with Gasteiger partial charge >= 0.3 is 5.97 Å². The first-order valence-corrected chi connectivity index (χ1v) is 12.8. The molecule has 0 radical (unpaired) electrons. The number of carbonyl (C=O) groups excluding carboxylic acids is 1. The lowest BCUT2D eigenvalue weighted by atomic mass is 9.76. The topological polar surface area (TPSA) is 86.3 Å². The molecule has 1 fully saturated rings. The van der Waals surface area contributed by atoms with E-state index in [0.29, 0.717) is 18.3 Å². The highest BCUT2D eigenvalue weighted by atomic mass is 16.5. The van der Waals surface area contributed by atoms with Gasteiger partial charge in [-0.1, -0.05) is 19.0 Å². The van der Waals surface area contributed by atoms with Crippen molar-refractivity contribution in [1.82, 2.24) is 19.9 Å². The number of hydrogen-bond donors (Lipinski definition) is 0. The molecule has 0 amide bonds. The average molecular weight is 478 g/mol. The first-order chi connectivity index (χ1) is 16.9. The lowest BCUT2D eigenvalue weighted by Gasteiger charge is -2.32. The standard InChI is InChI=1S/C27H35N5O3/c1-5-32-22-17-27(3,4)14-11-21(22)23(29-32)25-28-24(30-35-25)18-7-9-20(10-8-18)31-15-12-19(13-16-31)26(33)34-6-2/h7-10,19H,5-6,11-17H2,1-4H3. The van der Waals surface area contributed by atoms with Crippen molar-refractivity contribution in [2.24, 2.45) is 11.3 Å². The number of rotatable bonds is 6. The average Bonchev–Trinajstić information content (AvgIpc) is 3.48. The number of ether oxygens (including phenoxy) is 1. The normalized spacial score (nSPS) is 17.9. The largest absolute Gasteiger partial charge is 0.466 e. The van der Waals surface area contributed by atoms with Crippen molar-refractivity contribution in [1.29, 1.82) is 0 Å². The number of piperidine rings is 1. The van der Waals surface area contributed by atoms with Crippen LogP contribution in [0.3, 0.4) is 0 Å². The number of benzene rings is 1. The predicted molar refractivity (Wildman–Crippen MR) is 134 cm³/mol. The Morgan fingerprint density at radius 3 is 2.60 bits per heavy atom. The zero-order valence-corrected chi connectivity index (χ0v) is 21.2. The lowest BCUT2D eigenvalue weighted by Crippen LogP contribution is -2.36. The van der Waals surface area contributed by atoms with Crippen LogP contribution in [-0.4, -0.2) is 45.6 Å². The molecule has 5 rings (SSSR count). The summed E-state index contributed by atoms with van der Waals surface area (Å²) in [5, 5.41) is 9.10. The number of aromatic nitrogens is 4.